The van der Waals surface area contributed by atoms with Crippen LogP contribution >= 0.6 is 0 Å². The lowest BCUT2D eigenvalue weighted by atomic mass is 9.77. The van der Waals surface area contributed by atoms with Crippen molar-refractivity contribution in [3.05, 3.63) is 109 Å². The van der Waals surface area contributed by atoms with Gasteiger partial charge in [-0.1, -0.05) is 48.0 Å². The van der Waals surface area contributed by atoms with Crippen molar-refractivity contribution in [2.45, 2.75) is 71.9 Å². The Hall–Kier alpha value is -5.37. The van der Waals surface area contributed by atoms with Crippen molar-refractivity contribution in [3.63, 3.8) is 0 Å². The molecule has 2 aliphatic heterocycles. The van der Waals surface area contributed by atoms with Crippen molar-refractivity contribution >= 4 is 35.0 Å². The predicted octanol–water partition coefficient (Wildman–Crippen LogP) is 5.61. The molecule has 5 rings (SSSR count). The molecule has 0 bridgehead atoms. The van der Waals surface area contributed by atoms with E-state index in [0.29, 0.717) is 17.9 Å². The number of anilines is 1. The van der Waals surface area contributed by atoms with Gasteiger partial charge in [0.05, 0.1) is 34.8 Å². The maximum absolute atomic E-state index is 14.6. The zero-order valence-corrected chi connectivity index (χ0v) is 26.9. The molecule has 0 aromatic heterocycles. The van der Waals surface area contributed by atoms with Gasteiger partial charge >= 0.3 is 12.1 Å². The molecule has 3 aromatic rings. The van der Waals surface area contributed by atoms with Gasteiger partial charge in [0.1, 0.15) is 5.60 Å². The van der Waals surface area contributed by atoms with Crippen molar-refractivity contribution in [2.24, 2.45) is 0 Å². The van der Waals surface area contributed by atoms with Gasteiger partial charge in [0.15, 0.2) is 11.8 Å². The number of aliphatic hydroxyl groups excluding tert-OH is 1. The van der Waals surface area contributed by atoms with Gasteiger partial charge in [0.2, 0.25) is 0 Å². The van der Waals surface area contributed by atoms with Gasteiger partial charge in [-0.15, -0.1) is 0 Å². The Morgan fingerprint density at radius 2 is 1.70 bits per heavy atom. The molecule has 47 heavy (non-hydrogen) atoms. The summed E-state index contributed by atoms with van der Waals surface area (Å²) in [6.45, 7) is 10.4. The summed E-state index contributed by atoms with van der Waals surface area (Å²) in [6.07, 6.45) is -3.43. The van der Waals surface area contributed by atoms with Gasteiger partial charge in [0.25, 0.3) is 17.3 Å². The second kappa shape index (κ2) is 13.2. The number of carbonyl (C=O) groups is 3. The van der Waals surface area contributed by atoms with E-state index in [0.717, 1.165) is 28.2 Å². The summed E-state index contributed by atoms with van der Waals surface area (Å²) in [6, 6.07) is 16.2. The standard InChI is InChI=1S/C29H28N4O8.C4H8O2/c1-17-10-11-23-22(12-17)29(26(35)30(23)16-18-8-6-5-7-9-18)15-21-20(13-19(32(37)38)14-24(21)33(39)40)25(34)31(29)27(36)41-28(2,3)4;1-3-6-4(2)5/h5-14,25,34H,15-16H2,1-4H3;3H2,1-2H3/t25-,29-;/m1./s1. The molecule has 1 N–H and O–H groups in total. The number of amides is 2. The van der Waals surface area contributed by atoms with Crippen LogP contribution in [0.15, 0.2) is 60.7 Å². The largest absolute Gasteiger partial charge is 0.466 e. The summed E-state index contributed by atoms with van der Waals surface area (Å²) in [7, 11) is 0. The zero-order valence-electron chi connectivity index (χ0n) is 26.9. The molecule has 0 saturated heterocycles. The van der Waals surface area contributed by atoms with Crippen molar-refractivity contribution in [3.8, 4) is 0 Å². The first kappa shape index (κ1) is 34.5. The van der Waals surface area contributed by atoms with Crippen molar-refractivity contribution in [1.82, 2.24) is 4.90 Å². The number of benzene rings is 3. The molecule has 2 aliphatic rings. The van der Waals surface area contributed by atoms with Gasteiger partial charge in [-0.2, -0.15) is 0 Å². The molecule has 0 aliphatic carbocycles. The highest BCUT2D eigenvalue weighted by molar-refractivity contribution is 6.09. The van der Waals surface area contributed by atoms with Gasteiger partial charge in [-0.3, -0.25) is 34.7 Å². The minimum Gasteiger partial charge on any atom is -0.466 e. The molecular formula is C33H36N4O10. The molecule has 3 aromatic carbocycles. The molecule has 0 radical (unpaired) electrons. The highest BCUT2D eigenvalue weighted by atomic mass is 16.6. The van der Waals surface area contributed by atoms with Crippen LogP contribution in [0.25, 0.3) is 0 Å². The first-order chi connectivity index (χ1) is 22.0. The molecular weight excluding hydrogens is 612 g/mol. The Labute approximate surface area is 270 Å². The summed E-state index contributed by atoms with van der Waals surface area (Å²) in [5.41, 5.74) is -2.14. The average Bonchev–Trinajstić information content (AvgIpc) is 3.18. The number of hydrogen-bond donors (Lipinski definition) is 1. The van der Waals surface area contributed by atoms with Crippen molar-refractivity contribution in [2.75, 3.05) is 11.5 Å². The fourth-order valence-corrected chi connectivity index (χ4v) is 5.80. The number of aliphatic hydroxyl groups is 1. The summed E-state index contributed by atoms with van der Waals surface area (Å²) >= 11 is 0. The quantitative estimate of drug-likeness (QED) is 0.207. The number of aryl methyl sites for hydroxylation is 1. The number of nitro benzene ring substituents is 2. The van der Waals surface area contributed by atoms with Crippen LogP contribution < -0.4 is 4.90 Å². The van der Waals surface area contributed by atoms with E-state index in [2.05, 4.69) is 4.74 Å². The van der Waals surface area contributed by atoms with Gasteiger partial charge in [0, 0.05) is 36.1 Å². The Balaban J connectivity index is 0.000000762. The van der Waals surface area contributed by atoms with E-state index < -0.39 is 57.0 Å². The summed E-state index contributed by atoms with van der Waals surface area (Å²) in [4.78, 5) is 62.8. The number of ether oxygens (including phenoxy) is 2. The van der Waals surface area contributed by atoms with Crippen LogP contribution in [0.3, 0.4) is 0 Å². The topological polar surface area (TPSA) is 183 Å². The third-order valence-electron chi connectivity index (χ3n) is 7.63. The maximum atomic E-state index is 14.6. The Kier molecular flexibility index (Phi) is 9.66. The molecule has 2 atom stereocenters. The number of fused-ring (bicyclic) bond motifs is 3. The number of nitrogens with zero attached hydrogens (tertiary/aromatic N) is 4. The third kappa shape index (κ3) is 6.77. The molecule has 0 fully saturated rings. The Morgan fingerprint density at radius 3 is 2.23 bits per heavy atom. The van der Waals surface area contributed by atoms with Crippen molar-refractivity contribution < 1.29 is 38.8 Å². The number of non-ortho nitro benzene ring substituents is 1. The summed E-state index contributed by atoms with van der Waals surface area (Å²) < 4.78 is 10.0. The number of nitro groups is 2. The van der Waals surface area contributed by atoms with E-state index in [1.807, 2.05) is 30.3 Å². The van der Waals surface area contributed by atoms with E-state index in [1.54, 1.807) is 52.8 Å². The monoisotopic (exact) mass is 648 g/mol. The van der Waals surface area contributed by atoms with Crippen LogP contribution in [0.5, 0.6) is 0 Å². The molecule has 14 heteroatoms. The van der Waals surface area contributed by atoms with Crippen LogP contribution in [-0.4, -0.2) is 50.0 Å². The highest BCUT2D eigenvalue weighted by Gasteiger charge is 2.62. The van der Waals surface area contributed by atoms with Crippen LogP contribution in [-0.2, 0) is 37.6 Å². The smallest absolute Gasteiger partial charge is 0.413 e. The molecule has 0 saturated carbocycles. The fraction of sp³-hybridized carbons (Fsp3) is 0.364. The lowest BCUT2D eigenvalue weighted by Gasteiger charge is -2.46. The minimum absolute atomic E-state index is 0.0738. The molecule has 2 amide bonds. The third-order valence-corrected chi connectivity index (χ3v) is 7.63. The zero-order chi connectivity index (χ0) is 34.8. The first-order valence-corrected chi connectivity index (χ1v) is 14.8. The molecule has 248 valence electrons. The van der Waals surface area contributed by atoms with Crippen molar-refractivity contribution in [1.29, 1.82) is 0 Å². The highest BCUT2D eigenvalue weighted by Crippen LogP contribution is 2.54. The Morgan fingerprint density at radius 1 is 1.04 bits per heavy atom. The van der Waals surface area contributed by atoms with Crippen LogP contribution in [0.1, 0.15) is 68.7 Å². The lowest BCUT2D eigenvalue weighted by molar-refractivity contribution is -0.395. The van der Waals surface area contributed by atoms with Crippen LogP contribution in [0.2, 0.25) is 0 Å². The number of esters is 1. The van der Waals surface area contributed by atoms with E-state index in [4.69, 9.17) is 4.74 Å². The molecule has 2 heterocycles. The summed E-state index contributed by atoms with van der Waals surface area (Å²) in [5.74, 6) is -0.803. The Bertz CT molecular complexity index is 1740. The maximum Gasteiger partial charge on any atom is 0.413 e. The predicted molar refractivity (Wildman–Crippen MR) is 169 cm³/mol. The normalized spacial score (nSPS) is 18.1. The second-order valence-corrected chi connectivity index (χ2v) is 12.1. The number of carbonyl (C=O) groups excluding carboxylic acids is 3. The van der Waals surface area contributed by atoms with Crippen LogP contribution in [0, 0.1) is 27.2 Å². The van der Waals surface area contributed by atoms with Gasteiger partial charge in [-0.25, -0.2) is 4.79 Å². The molecule has 0 unspecified atom stereocenters. The van der Waals surface area contributed by atoms with Gasteiger partial charge < -0.3 is 19.5 Å². The van der Waals surface area contributed by atoms with E-state index in [1.165, 1.54) is 11.8 Å². The number of hydrogen-bond acceptors (Lipinski definition) is 10. The van der Waals surface area contributed by atoms with Gasteiger partial charge in [-0.05, 0) is 46.2 Å². The van der Waals surface area contributed by atoms with E-state index in [-0.39, 0.29) is 23.6 Å². The van der Waals surface area contributed by atoms with E-state index >= 15 is 0 Å². The SMILES string of the molecule is CCOC(C)=O.Cc1ccc2c(c1)[C@]1(Cc3c(cc([N+](=O)[O-])cc3[N+](=O)[O-])[C@@H](O)N1C(=O)OC(C)(C)C)C(=O)N2Cc1ccccc1. The average molecular weight is 649 g/mol. The lowest BCUT2D eigenvalue weighted by Crippen LogP contribution is -2.60. The van der Waals surface area contributed by atoms with Crippen LogP contribution in [0.4, 0.5) is 21.9 Å². The fourth-order valence-electron chi connectivity index (χ4n) is 5.80. The van der Waals surface area contributed by atoms with E-state index in [9.17, 15) is 39.7 Å². The molecule has 14 nitrogen and oxygen atoms in total. The first-order valence-electron chi connectivity index (χ1n) is 14.8. The molecule has 1 spiro atoms. The summed E-state index contributed by atoms with van der Waals surface area (Å²) in [5, 5.41) is 35.5. The number of rotatable bonds is 5. The minimum atomic E-state index is -1.97. The second-order valence-electron chi connectivity index (χ2n) is 12.1.